The van der Waals surface area contributed by atoms with Gasteiger partial charge < -0.3 is 5.32 Å². The minimum atomic E-state index is -0.0595. The molecular formula is C13H15BrN4OS. The fourth-order valence-electron chi connectivity index (χ4n) is 2.18. The molecule has 0 atom stereocenters. The zero-order chi connectivity index (χ0) is 13.9. The molecule has 0 saturated heterocycles. The number of hydrogen-bond acceptors (Lipinski definition) is 5. The fraction of sp³-hybridized carbons (Fsp3) is 0.462. The Bertz CT molecular complexity index is 636. The van der Waals surface area contributed by atoms with Gasteiger partial charge in [0.2, 0.25) is 0 Å². The molecule has 1 aliphatic carbocycles. The normalized spacial score (nSPS) is 15.1. The van der Waals surface area contributed by atoms with Crippen molar-refractivity contribution in [1.29, 1.82) is 0 Å². The number of nitrogens with zero attached hydrogens (tertiary/aromatic N) is 3. The lowest BCUT2D eigenvalue weighted by Gasteiger charge is -2.25. The van der Waals surface area contributed by atoms with E-state index in [1.807, 2.05) is 0 Å². The lowest BCUT2D eigenvalue weighted by molar-refractivity contribution is 0.262. The van der Waals surface area contributed by atoms with Crippen molar-refractivity contribution in [3.63, 3.8) is 0 Å². The average molecular weight is 355 g/mol. The number of thiazole rings is 1. The van der Waals surface area contributed by atoms with Crippen molar-refractivity contribution in [3.05, 3.63) is 37.6 Å². The summed E-state index contributed by atoms with van der Waals surface area (Å²) in [6, 6.07) is 0. The number of halogens is 1. The highest BCUT2D eigenvalue weighted by Crippen LogP contribution is 2.27. The van der Waals surface area contributed by atoms with Crippen molar-refractivity contribution in [2.45, 2.75) is 32.4 Å². The molecule has 20 heavy (non-hydrogen) atoms. The van der Waals surface area contributed by atoms with Crippen LogP contribution in [0.15, 0.2) is 27.2 Å². The summed E-state index contributed by atoms with van der Waals surface area (Å²) < 4.78 is 2.28. The zero-order valence-corrected chi connectivity index (χ0v) is 13.3. The monoisotopic (exact) mass is 354 g/mol. The third-order valence-corrected chi connectivity index (χ3v) is 4.96. The molecule has 0 radical (unpaired) electrons. The molecule has 106 valence electrons. The summed E-state index contributed by atoms with van der Waals surface area (Å²) in [5.74, 6) is 0.607. The Labute approximate surface area is 129 Å². The van der Waals surface area contributed by atoms with Crippen molar-refractivity contribution in [2.75, 3.05) is 5.32 Å². The molecule has 1 saturated carbocycles. The van der Waals surface area contributed by atoms with Gasteiger partial charge >= 0.3 is 0 Å². The van der Waals surface area contributed by atoms with Gasteiger partial charge in [-0.15, -0.1) is 11.3 Å². The second-order valence-electron chi connectivity index (χ2n) is 4.97. The molecule has 3 rings (SSSR count). The standard InChI is InChI=1S/C13H15BrN4OS/c14-11-6-17-18(7-9-2-1-3-9)13(19)12(11)16-5-10-4-15-8-20-10/h4,6,8-9,16H,1-3,5,7H2. The van der Waals surface area contributed by atoms with Crippen LogP contribution in [0.1, 0.15) is 24.1 Å². The molecule has 5 nitrogen and oxygen atoms in total. The van der Waals surface area contributed by atoms with E-state index >= 15 is 0 Å². The van der Waals surface area contributed by atoms with Crippen LogP contribution in [0.2, 0.25) is 0 Å². The van der Waals surface area contributed by atoms with E-state index in [2.05, 4.69) is 31.3 Å². The lowest BCUT2D eigenvalue weighted by atomic mass is 9.85. The third kappa shape index (κ3) is 2.93. The van der Waals surface area contributed by atoms with Gasteiger partial charge in [-0.05, 0) is 34.7 Å². The Balaban J connectivity index is 1.77. The van der Waals surface area contributed by atoms with Crippen molar-refractivity contribution in [3.8, 4) is 0 Å². The van der Waals surface area contributed by atoms with Crippen molar-refractivity contribution in [2.24, 2.45) is 5.92 Å². The van der Waals surface area contributed by atoms with Crippen molar-refractivity contribution < 1.29 is 0 Å². The first-order valence-corrected chi connectivity index (χ1v) is 8.28. The quantitative estimate of drug-likeness (QED) is 0.896. The van der Waals surface area contributed by atoms with E-state index in [0.717, 1.165) is 11.4 Å². The molecule has 0 amide bonds. The highest BCUT2D eigenvalue weighted by Gasteiger charge is 2.20. The van der Waals surface area contributed by atoms with Crippen LogP contribution in [-0.4, -0.2) is 14.8 Å². The van der Waals surface area contributed by atoms with E-state index < -0.39 is 0 Å². The smallest absolute Gasteiger partial charge is 0.291 e. The van der Waals surface area contributed by atoms with Crippen molar-refractivity contribution in [1.82, 2.24) is 14.8 Å². The topological polar surface area (TPSA) is 59.8 Å². The predicted octanol–water partition coefficient (Wildman–Crippen LogP) is 2.87. The Kier molecular flexibility index (Phi) is 4.16. The predicted molar refractivity (Wildman–Crippen MR) is 83.0 cm³/mol. The van der Waals surface area contributed by atoms with Gasteiger partial charge in [0, 0.05) is 17.6 Å². The number of aromatic nitrogens is 3. The van der Waals surface area contributed by atoms with Gasteiger partial charge in [0.25, 0.3) is 5.56 Å². The number of nitrogens with one attached hydrogen (secondary N) is 1. The molecular weight excluding hydrogens is 340 g/mol. The summed E-state index contributed by atoms with van der Waals surface area (Å²) in [7, 11) is 0. The van der Waals surface area contributed by atoms with Crippen LogP contribution in [0, 0.1) is 5.92 Å². The minimum Gasteiger partial charge on any atom is -0.375 e. The highest BCUT2D eigenvalue weighted by atomic mass is 79.9. The van der Waals surface area contributed by atoms with Crippen LogP contribution in [0.3, 0.4) is 0 Å². The van der Waals surface area contributed by atoms with Gasteiger partial charge in [0.05, 0.1) is 22.7 Å². The van der Waals surface area contributed by atoms with Crippen LogP contribution < -0.4 is 10.9 Å². The van der Waals surface area contributed by atoms with Gasteiger partial charge in [-0.3, -0.25) is 9.78 Å². The largest absolute Gasteiger partial charge is 0.375 e. The molecule has 0 spiro atoms. The van der Waals surface area contributed by atoms with Gasteiger partial charge in [-0.2, -0.15) is 5.10 Å². The van der Waals surface area contributed by atoms with E-state index in [9.17, 15) is 4.79 Å². The van der Waals surface area contributed by atoms with Crippen LogP contribution >= 0.6 is 27.3 Å². The van der Waals surface area contributed by atoms with Gasteiger partial charge in [0.15, 0.2) is 0 Å². The second kappa shape index (κ2) is 6.05. The third-order valence-electron chi connectivity index (χ3n) is 3.58. The first-order chi connectivity index (χ1) is 9.74. The van der Waals surface area contributed by atoms with Crippen LogP contribution in [0.25, 0.3) is 0 Å². The molecule has 0 aromatic carbocycles. The number of hydrogen-bond donors (Lipinski definition) is 1. The molecule has 0 bridgehead atoms. The average Bonchev–Trinajstić information content (AvgIpc) is 2.89. The molecule has 1 fully saturated rings. The summed E-state index contributed by atoms with van der Waals surface area (Å²) in [4.78, 5) is 17.5. The van der Waals surface area contributed by atoms with E-state index in [1.165, 1.54) is 19.3 Å². The molecule has 0 unspecified atom stereocenters. The zero-order valence-electron chi connectivity index (χ0n) is 10.9. The minimum absolute atomic E-state index is 0.0595. The summed E-state index contributed by atoms with van der Waals surface area (Å²) in [6.45, 7) is 1.33. The molecule has 1 aliphatic rings. The molecule has 2 aromatic heterocycles. The van der Waals surface area contributed by atoms with Gasteiger partial charge in [-0.1, -0.05) is 6.42 Å². The Morgan fingerprint density at radius 1 is 1.45 bits per heavy atom. The first-order valence-electron chi connectivity index (χ1n) is 6.61. The summed E-state index contributed by atoms with van der Waals surface area (Å²) in [5.41, 5.74) is 2.30. The van der Waals surface area contributed by atoms with E-state index in [1.54, 1.807) is 33.9 Å². The van der Waals surface area contributed by atoms with E-state index in [4.69, 9.17) is 0 Å². The molecule has 2 aromatic rings. The molecule has 7 heteroatoms. The number of rotatable bonds is 5. The summed E-state index contributed by atoms with van der Waals surface area (Å²) in [6.07, 6.45) is 7.17. The lowest BCUT2D eigenvalue weighted by Crippen LogP contribution is -2.30. The maximum Gasteiger partial charge on any atom is 0.291 e. The first kappa shape index (κ1) is 13.8. The van der Waals surface area contributed by atoms with Crippen LogP contribution in [0.5, 0.6) is 0 Å². The number of anilines is 1. The van der Waals surface area contributed by atoms with Gasteiger partial charge in [0.1, 0.15) is 5.69 Å². The second-order valence-corrected chi connectivity index (χ2v) is 6.80. The summed E-state index contributed by atoms with van der Waals surface area (Å²) >= 11 is 4.96. The fourth-order valence-corrected chi connectivity index (χ4v) is 3.12. The van der Waals surface area contributed by atoms with Crippen LogP contribution in [-0.2, 0) is 13.1 Å². The van der Waals surface area contributed by atoms with E-state index in [-0.39, 0.29) is 5.56 Å². The van der Waals surface area contributed by atoms with Gasteiger partial charge in [-0.25, -0.2) is 4.68 Å². The van der Waals surface area contributed by atoms with Crippen LogP contribution in [0.4, 0.5) is 5.69 Å². The Morgan fingerprint density at radius 2 is 2.30 bits per heavy atom. The maximum atomic E-state index is 12.4. The van der Waals surface area contributed by atoms with Crippen molar-refractivity contribution >= 4 is 33.0 Å². The highest BCUT2D eigenvalue weighted by molar-refractivity contribution is 9.10. The Hall–Kier alpha value is -1.21. The summed E-state index contributed by atoms with van der Waals surface area (Å²) in [5, 5.41) is 7.40. The molecule has 1 N–H and O–H groups in total. The maximum absolute atomic E-state index is 12.4. The molecule has 2 heterocycles. The van der Waals surface area contributed by atoms with E-state index in [0.29, 0.717) is 22.6 Å². The molecule has 0 aliphatic heterocycles. The Morgan fingerprint density at radius 3 is 2.95 bits per heavy atom. The SMILES string of the molecule is O=c1c(NCc2cncs2)c(Br)cnn1CC1CCC1.